The van der Waals surface area contributed by atoms with Crippen LogP contribution in [0.5, 0.6) is 0 Å². The molecule has 0 spiro atoms. The van der Waals surface area contributed by atoms with E-state index < -0.39 is 37.1 Å². The van der Waals surface area contributed by atoms with Crippen molar-refractivity contribution in [1.29, 1.82) is 0 Å². The molecule has 5 atom stereocenters. The Kier molecular flexibility index (Phi) is 8.56. The lowest BCUT2D eigenvalue weighted by molar-refractivity contribution is -0.139. The Balaban J connectivity index is 4.13. The lowest BCUT2D eigenvalue weighted by atomic mass is 9.99. The minimum atomic E-state index is -1.76. The summed E-state index contributed by atoms with van der Waals surface area (Å²) in [6, 6.07) is 0. The molecule has 8 nitrogen and oxygen atoms in total. The first kappa shape index (κ1) is 16.7. The largest absolute Gasteiger partial charge is 0.394 e. The van der Waals surface area contributed by atoms with E-state index in [1.165, 1.54) is 0 Å². The summed E-state index contributed by atoms with van der Waals surface area (Å²) in [5.74, 6) is 0. The van der Waals surface area contributed by atoms with Gasteiger partial charge in [0.15, 0.2) is 0 Å². The summed E-state index contributed by atoms with van der Waals surface area (Å²) in [6.07, 6.45) is -8.04. The van der Waals surface area contributed by atoms with E-state index in [-0.39, 0.29) is 6.54 Å². The number of aliphatic hydroxyl groups is 6. The Bertz CT molecular complexity index is 196. The molecule has 0 aromatic rings. The van der Waals surface area contributed by atoms with Crippen LogP contribution in [0.4, 0.5) is 0 Å². The van der Waals surface area contributed by atoms with Crippen molar-refractivity contribution in [3.63, 3.8) is 0 Å². The highest BCUT2D eigenvalue weighted by Crippen LogP contribution is 2.08. The van der Waals surface area contributed by atoms with Gasteiger partial charge in [0.2, 0.25) is 0 Å². The normalized spacial score (nSPS) is 20.6. The van der Waals surface area contributed by atoms with Crippen LogP contribution in [0, 0.1) is 0 Å². The minimum absolute atomic E-state index is 0.0165. The highest BCUT2D eigenvalue weighted by atomic mass is 16.4. The molecule has 0 fully saturated rings. The third-order valence-corrected chi connectivity index (χ3v) is 2.35. The van der Waals surface area contributed by atoms with Crippen LogP contribution in [0.25, 0.3) is 0 Å². The highest BCUT2D eigenvalue weighted by molar-refractivity contribution is 4.85. The van der Waals surface area contributed by atoms with Gasteiger partial charge in [0.05, 0.1) is 12.7 Å². The third kappa shape index (κ3) is 5.70. The van der Waals surface area contributed by atoms with Crippen LogP contribution in [0.3, 0.4) is 0 Å². The van der Waals surface area contributed by atoms with Crippen molar-refractivity contribution in [2.75, 3.05) is 26.2 Å². The van der Waals surface area contributed by atoms with Crippen molar-refractivity contribution in [2.45, 2.75) is 30.5 Å². The predicted molar refractivity (Wildman–Crippen MR) is 59.0 cm³/mol. The molecule has 0 bridgehead atoms. The molecule has 17 heavy (non-hydrogen) atoms. The molecule has 0 amide bonds. The van der Waals surface area contributed by atoms with Crippen LogP contribution >= 0.6 is 0 Å². The van der Waals surface area contributed by atoms with Gasteiger partial charge in [-0.05, 0) is 0 Å². The first-order chi connectivity index (χ1) is 7.95. The van der Waals surface area contributed by atoms with Crippen molar-refractivity contribution in [3.8, 4) is 0 Å². The molecule has 0 heterocycles. The summed E-state index contributed by atoms with van der Waals surface area (Å²) in [5.41, 5.74) is 5.20. The zero-order valence-electron chi connectivity index (χ0n) is 9.48. The molecule has 0 rings (SSSR count). The van der Waals surface area contributed by atoms with Crippen LogP contribution < -0.4 is 11.1 Å². The van der Waals surface area contributed by atoms with Gasteiger partial charge in [0, 0.05) is 19.6 Å². The lowest BCUT2D eigenvalue weighted by Crippen LogP contribution is -2.52. The monoisotopic (exact) mass is 254 g/mol. The van der Waals surface area contributed by atoms with E-state index in [0.717, 1.165) is 0 Å². The minimum Gasteiger partial charge on any atom is -0.394 e. The number of hydrogen-bond donors (Lipinski definition) is 8. The zero-order valence-corrected chi connectivity index (χ0v) is 9.48. The Labute approximate surface area is 99.3 Å². The fraction of sp³-hybridized carbons (Fsp3) is 1.00. The van der Waals surface area contributed by atoms with Gasteiger partial charge in [-0.1, -0.05) is 0 Å². The van der Waals surface area contributed by atoms with Crippen molar-refractivity contribution >= 4 is 0 Å². The van der Waals surface area contributed by atoms with E-state index in [1.54, 1.807) is 0 Å². The van der Waals surface area contributed by atoms with E-state index in [4.69, 9.17) is 15.9 Å². The Morgan fingerprint density at radius 2 is 1.41 bits per heavy atom. The molecule has 0 saturated heterocycles. The van der Waals surface area contributed by atoms with E-state index in [9.17, 15) is 20.4 Å². The van der Waals surface area contributed by atoms with E-state index in [1.807, 2.05) is 0 Å². The Morgan fingerprint density at radius 1 is 0.882 bits per heavy atom. The maximum Gasteiger partial charge on any atom is 0.111 e. The third-order valence-electron chi connectivity index (χ3n) is 2.35. The SMILES string of the molecule is NCCNCC(O)C(O)C(O)C(O)C(O)CO. The average Bonchev–Trinajstić information content (AvgIpc) is 2.35. The number of aliphatic hydroxyl groups excluding tert-OH is 6. The van der Waals surface area contributed by atoms with Gasteiger partial charge in [0.1, 0.15) is 24.4 Å². The molecule has 0 aromatic carbocycles. The van der Waals surface area contributed by atoms with Gasteiger partial charge < -0.3 is 41.7 Å². The fourth-order valence-electron chi connectivity index (χ4n) is 1.24. The molecule has 0 saturated carbocycles. The molecule has 0 aliphatic rings. The summed E-state index contributed by atoms with van der Waals surface area (Å²) in [5, 5.41) is 58.0. The molecule has 5 unspecified atom stereocenters. The van der Waals surface area contributed by atoms with Gasteiger partial charge in [-0.15, -0.1) is 0 Å². The summed E-state index contributed by atoms with van der Waals surface area (Å²) < 4.78 is 0. The fourth-order valence-corrected chi connectivity index (χ4v) is 1.24. The maximum absolute atomic E-state index is 9.48. The molecule has 9 N–H and O–H groups in total. The molecule has 104 valence electrons. The lowest BCUT2D eigenvalue weighted by Gasteiger charge is -2.28. The molecule has 0 radical (unpaired) electrons. The van der Waals surface area contributed by atoms with Crippen molar-refractivity contribution < 1.29 is 30.6 Å². The molecule has 8 heteroatoms. The Morgan fingerprint density at radius 3 is 1.88 bits per heavy atom. The molecule has 0 aliphatic carbocycles. The quantitative estimate of drug-likeness (QED) is 0.191. The van der Waals surface area contributed by atoms with Crippen molar-refractivity contribution in [2.24, 2.45) is 5.73 Å². The molecule has 0 aliphatic heterocycles. The summed E-state index contributed by atoms with van der Waals surface area (Å²) in [4.78, 5) is 0. The van der Waals surface area contributed by atoms with E-state index in [0.29, 0.717) is 13.1 Å². The van der Waals surface area contributed by atoms with Gasteiger partial charge in [-0.3, -0.25) is 0 Å². The van der Waals surface area contributed by atoms with Crippen molar-refractivity contribution in [1.82, 2.24) is 5.32 Å². The van der Waals surface area contributed by atoms with E-state index >= 15 is 0 Å². The standard InChI is InChI=1S/C9H22N2O6/c10-1-2-11-3-5(13)7(15)9(17)8(16)6(14)4-12/h5-9,11-17H,1-4,10H2. The van der Waals surface area contributed by atoms with Crippen molar-refractivity contribution in [3.05, 3.63) is 0 Å². The van der Waals surface area contributed by atoms with Crippen LogP contribution in [0.2, 0.25) is 0 Å². The number of hydrogen-bond acceptors (Lipinski definition) is 8. The first-order valence-electron chi connectivity index (χ1n) is 5.37. The smallest absolute Gasteiger partial charge is 0.111 e. The molecule has 0 aromatic heterocycles. The second kappa shape index (κ2) is 8.72. The summed E-state index contributed by atoms with van der Waals surface area (Å²) in [7, 11) is 0. The number of nitrogens with one attached hydrogen (secondary N) is 1. The van der Waals surface area contributed by atoms with Crippen LogP contribution in [0.15, 0.2) is 0 Å². The van der Waals surface area contributed by atoms with Gasteiger partial charge in [-0.2, -0.15) is 0 Å². The van der Waals surface area contributed by atoms with Crippen LogP contribution in [-0.4, -0.2) is 87.4 Å². The summed E-state index contributed by atoms with van der Waals surface area (Å²) in [6.45, 7) is 0.0166. The number of rotatable bonds is 9. The second-order valence-corrected chi connectivity index (χ2v) is 3.78. The predicted octanol–water partition coefficient (Wildman–Crippen LogP) is -4.67. The molecular formula is C9H22N2O6. The highest BCUT2D eigenvalue weighted by Gasteiger charge is 2.33. The van der Waals surface area contributed by atoms with Gasteiger partial charge >= 0.3 is 0 Å². The van der Waals surface area contributed by atoms with Crippen LogP contribution in [-0.2, 0) is 0 Å². The summed E-state index contributed by atoms with van der Waals surface area (Å²) >= 11 is 0. The molecular weight excluding hydrogens is 232 g/mol. The Hall–Kier alpha value is -0.320. The zero-order chi connectivity index (χ0) is 13.4. The van der Waals surface area contributed by atoms with Gasteiger partial charge in [-0.25, -0.2) is 0 Å². The maximum atomic E-state index is 9.48. The number of nitrogens with two attached hydrogens (primary N) is 1. The second-order valence-electron chi connectivity index (χ2n) is 3.78. The average molecular weight is 254 g/mol. The topological polar surface area (TPSA) is 159 Å². The van der Waals surface area contributed by atoms with Crippen LogP contribution in [0.1, 0.15) is 0 Å². The van der Waals surface area contributed by atoms with Gasteiger partial charge in [0.25, 0.3) is 0 Å². The van der Waals surface area contributed by atoms with E-state index in [2.05, 4.69) is 5.32 Å². The first-order valence-corrected chi connectivity index (χ1v) is 5.37.